The van der Waals surface area contributed by atoms with Crippen molar-refractivity contribution in [2.45, 2.75) is 31.6 Å². The Morgan fingerprint density at radius 2 is 2.24 bits per heavy atom. The van der Waals surface area contributed by atoms with E-state index in [4.69, 9.17) is 4.74 Å². The molecule has 1 aromatic carbocycles. The van der Waals surface area contributed by atoms with Crippen LogP contribution < -0.4 is 4.90 Å². The van der Waals surface area contributed by atoms with Gasteiger partial charge in [0.15, 0.2) is 0 Å². The number of rotatable bonds is 2. The number of esters is 1. The second kappa shape index (κ2) is 5.77. The van der Waals surface area contributed by atoms with Crippen LogP contribution in [0.15, 0.2) is 18.2 Å². The fraction of sp³-hybridized carbons (Fsp3) is 0.529. The predicted octanol–water partition coefficient (Wildman–Crippen LogP) is 2.83. The maximum Gasteiger partial charge on any atom is 0.325 e. The Hall–Kier alpha value is -2.02. The molecule has 2 unspecified atom stereocenters. The summed E-state index contributed by atoms with van der Waals surface area (Å²) in [6.45, 7) is 1.08. The summed E-state index contributed by atoms with van der Waals surface area (Å²) in [6, 6.07) is 8.21. The third-order valence-electron chi connectivity index (χ3n) is 4.81. The van der Waals surface area contributed by atoms with E-state index in [2.05, 4.69) is 12.1 Å². The smallest absolute Gasteiger partial charge is 0.325 e. The number of carbonyl (C=O) groups excluding carboxylic acids is 1. The van der Waals surface area contributed by atoms with Gasteiger partial charge in [-0.2, -0.15) is 5.26 Å². The number of anilines is 1. The molecule has 1 aliphatic carbocycles. The Bertz CT molecular complexity index is 591. The minimum absolute atomic E-state index is 0.228. The number of para-hydroxylation sites is 1. The molecule has 1 aliphatic heterocycles. The SMILES string of the molecule is COC(=O)CN1CC2CCCCC2c2cccc(C#N)c21. The summed E-state index contributed by atoms with van der Waals surface area (Å²) in [7, 11) is 1.41. The summed E-state index contributed by atoms with van der Waals surface area (Å²) >= 11 is 0. The van der Waals surface area contributed by atoms with Crippen molar-refractivity contribution >= 4 is 11.7 Å². The highest BCUT2D eigenvalue weighted by Gasteiger charge is 2.36. The van der Waals surface area contributed by atoms with Gasteiger partial charge < -0.3 is 9.64 Å². The van der Waals surface area contributed by atoms with Gasteiger partial charge in [-0.1, -0.05) is 25.0 Å². The summed E-state index contributed by atoms with van der Waals surface area (Å²) < 4.78 is 4.81. The molecule has 0 saturated heterocycles. The number of hydrogen-bond donors (Lipinski definition) is 0. The van der Waals surface area contributed by atoms with Gasteiger partial charge in [0.05, 0.1) is 18.4 Å². The Balaban J connectivity index is 2.03. The number of hydrogen-bond acceptors (Lipinski definition) is 4. The first-order valence-corrected chi connectivity index (χ1v) is 7.59. The average molecular weight is 284 g/mol. The molecule has 3 rings (SSSR count). The minimum Gasteiger partial charge on any atom is -0.468 e. The molecule has 4 nitrogen and oxygen atoms in total. The fourth-order valence-electron chi connectivity index (χ4n) is 3.88. The van der Waals surface area contributed by atoms with Gasteiger partial charge in [-0.3, -0.25) is 4.79 Å². The molecular weight excluding hydrogens is 264 g/mol. The van der Waals surface area contributed by atoms with Crippen LogP contribution in [0.1, 0.15) is 42.7 Å². The highest BCUT2D eigenvalue weighted by molar-refractivity contribution is 5.78. The fourth-order valence-corrected chi connectivity index (χ4v) is 3.88. The van der Waals surface area contributed by atoms with E-state index in [1.54, 1.807) is 0 Å². The topological polar surface area (TPSA) is 53.3 Å². The van der Waals surface area contributed by atoms with Crippen molar-refractivity contribution < 1.29 is 9.53 Å². The standard InChI is InChI=1S/C17H20N2O2/c1-21-16(20)11-19-10-13-5-2-3-7-14(13)15-8-4-6-12(9-18)17(15)19/h4,6,8,13-14H,2-3,5,7,10-11H2,1H3. The van der Waals surface area contributed by atoms with Gasteiger partial charge in [0.25, 0.3) is 0 Å². The van der Waals surface area contributed by atoms with Crippen LogP contribution in [0.4, 0.5) is 5.69 Å². The molecule has 0 spiro atoms. The monoisotopic (exact) mass is 284 g/mol. The molecule has 1 aromatic rings. The lowest BCUT2D eigenvalue weighted by Crippen LogP contribution is -2.42. The molecule has 0 bridgehead atoms. The van der Waals surface area contributed by atoms with Crippen molar-refractivity contribution in [1.82, 2.24) is 0 Å². The van der Waals surface area contributed by atoms with E-state index in [-0.39, 0.29) is 12.5 Å². The second-order valence-electron chi connectivity index (χ2n) is 5.96. The number of nitriles is 1. The van der Waals surface area contributed by atoms with Gasteiger partial charge in [-0.15, -0.1) is 0 Å². The largest absolute Gasteiger partial charge is 0.468 e. The molecule has 1 fully saturated rings. The van der Waals surface area contributed by atoms with Gasteiger partial charge in [0.1, 0.15) is 12.6 Å². The highest BCUT2D eigenvalue weighted by atomic mass is 16.5. The molecule has 21 heavy (non-hydrogen) atoms. The summed E-state index contributed by atoms with van der Waals surface area (Å²) in [6.07, 6.45) is 4.92. The first-order valence-electron chi connectivity index (χ1n) is 7.59. The maximum absolute atomic E-state index is 11.7. The zero-order valence-electron chi connectivity index (χ0n) is 12.3. The molecule has 1 heterocycles. The number of ether oxygens (including phenoxy) is 1. The molecule has 0 amide bonds. The van der Waals surface area contributed by atoms with Crippen molar-refractivity contribution in [3.8, 4) is 6.07 Å². The minimum atomic E-state index is -0.247. The zero-order valence-corrected chi connectivity index (χ0v) is 12.3. The number of methoxy groups -OCH3 is 1. The predicted molar refractivity (Wildman–Crippen MR) is 80.1 cm³/mol. The summed E-state index contributed by atoms with van der Waals surface area (Å²) in [5.74, 6) is 0.878. The molecular formula is C17H20N2O2. The Morgan fingerprint density at radius 1 is 1.43 bits per heavy atom. The van der Waals surface area contributed by atoms with Gasteiger partial charge in [0.2, 0.25) is 0 Å². The third kappa shape index (κ3) is 2.49. The zero-order chi connectivity index (χ0) is 14.8. The number of carbonyl (C=O) groups is 1. The molecule has 0 radical (unpaired) electrons. The van der Waals surface area contributed by atoms with Gasteiger partial charge in [-0.05, 0) is 36.3 Å². The van der Waals surface area contributed by atoms with Gasteiger partial charge in [0, 0.05) is 6.54 Å². The molecule has 2 aliphatic rings. The summed E-state index contributed by atoms with van der Waals surface area (Å²) in [5, 5.41) is 9.41. The van der Waals surface area contributed by atoms with E-state index in [1.165, 1.54) is 38.4 Å². The van der Waals surface area contributed by atoms with Crippen molar-refractivity contribution in [3.05, 3.63) is 29.3 Å². The third-order valence-corrected chi connectivity index (χ3v) is 4.81. The summed E-state index contributed by atoms with van der Waals surface area (Å²) in [5.41, 5.74) is 2.86. The lowest BCUT2D eigenvalue weighted by atomic mass is 9.72. The lowest BCUT2D eigenvalue weighted by molar-refractivity contribution is -0.139. The second-order valence-corrected chi connectivity index (χ2v) is 5.96. The summed E-state index contributed by atoms with van der Waals surface area (Å²) in [4.78, 5) is 13.8. The first-order chi connectivity index (χ1) is 10.2. The molecule has 110 valence electrons. The van der Waals surface area contributed by atoms with Crippen LogP contribution in [-0.4, -0.2) is 26.2 Å². The van der Waals surface area contributed by atoms with E-state index in [9.17, 15) is 10.1 Å². The van der Waals surface area contributed by atoms with Crippen LogP contribution in [0.3, 0.4) is 0 Å². The normalized spacial score (nSPS) is 23.7. The van der Waals surface area contributed by atoms with Crippen molar-refractivity contribution in [2.75, 3.05) is 25.1 Å². The lowest BCUT2D eigenvalue weighted by Gasteiger charge is -2.43. The molecule has 0 aromatic heterocycles. The van der Waals surface area contributed by atoms with Crippen molar-refractivity contribution in [2.24, 2.45) is 5.92 Å². The number of fused-ring (bicyclic) bond motifs is 3. The molecule has 4 heteroatoms. The van der Waals surface area contributed by atoms with E-state index < -0.39 is 0 Å². The molecule has 2 atom stereocenters. The van der Waals surface area contributed by atoms with Crippen LogP contribution >= 0.6 is 0 Å². The molecule has 0 N–H and O–H groups in total. The quantitative estimate of drug-likeness (QED) is 0.784. The van der Waals surface area contributed by atoms with Gasteiger partial charge >= 0.3 is 5.97 Å². The van der Waals surface area contributed by atoms with Crippen LogP contribution in [0.2, 0.25) is 0 Å². The van der Waals surface area contributed by atoms with Crippen LogP contribution in [0.5, 0.6) is 0 Å². The van der Waals surface area contributed by atoms with E-state index in [0.717, 1.165) is 12.2 Å². The van der Waals surface area contributed by atoms with E-state index in [1.807, 2.05) is 17.0 Å². The maximum atomic E-state index is 11.7. The van der Waals surface area contributed by atoms with Crippen LogP contribution in [0, 0.1) is 17.2 Å². The Labute approximate surface area is 125 Å². The van der Waals surface area contributed by atoms with Crippen molar-refractivity contribution in [3.63, 3.8) is 0 Å². The highest BCUT2D eigenvalue weighted by Crippen LogP contribution is 2.47. The molecule has 1 saturated carbocycles. The van der Waals surface area contributed by atoms with E-state index in [0.29, 0.717) is 17.4 Å². The van der Waals surface area contributed by atoms with Crippen LogP contribution in [-0.2, 0) is 9.53 Å². The Morgan fingerprint density at radius 3 is 3.00 bits per heavy atom. The first kappa shape index (κ1) is 13.9. The Kier molecular flexibility index (Phi) is 3.83. The number of benzene rings is 1. The van der Waals surface area contributed by atoms with Crippen LogP contribution in [0.25, 0.3) is 0 Å². The average Bonchev–Trinajstić information content (AvgIpc) is 2.54. The van der Waals surface area contributed by atoms with Gasteiger partial charge in [-0.25, -0.2) is 0 Å². The number of nitrogens with zero attached hydrogens (tertiary/aromatic N) is 2. The van der Waals surface area contributed by atoms with Crippen molar-refractivity contribution in [1.29, 1.82) is 5.26 Å². The van der Waals surface area contributed by atoms with E-state index >= 15 is 0 Å².